The number of hydrogen-bond donors (Lipinski definition) is 0. The van der Waals surface area contributed by atoms with E-state index in [1.807, 2.05) is 13.8 Å². The van der Waals surface area contributed by atoms with Gasteiger partial charge in [0, 0.05) is 24.1 Å². The normalized spacial score (nSPS) is 10.2. The van der Waals surface area contributed by atoms with Crippen LogP contribution in [0.1, 0.15) is 49.0 Å². The summed E-state index contributed by atoms with van der Waals surface area (Å²) >= 11 is 0. The van der Waals surface area contributed by atoms with Crippen molar-refractivity contribution in [3.8, 4) is 0 Å². The molecule has 1 aromatic carbocycles. The Morgan fingerprint density at radius 2 is 2.00 bits per heavy atom. The van der Waals surface area contributed by atoms with Crippen LogP contribution in [-0.4, -0.2) is 10.7 Å². The Bertz CT molecular complexity index is 427. The van der Waals surface area contributed by atoms with Crippen molar-refractivity contribution < 1.29 is 9.72 Å². The van der Waals surface area contributed by atoms with Crippen molar-refractivity contribution in [2.45, 2.75) is 39.5 Å². The summed E-state index contributed by atoms with van der Waals surface area (Å²) in [6, 6.07) is 4.57. The maximum absolute atomic E-state index is 11.9. The topological polar surface area (TPSA) is 60.2 Å². The van der Waals surface area contributed by atoms with Gasteiger partial charge >= 0.3 is 0 Å². The van der Waals surface area contributed by atoms with Crippen molar-refractivity contribution in [3.05, 3.63) is 39.4 Å². The molecule has 0 amide bonds. The van der Waals surface area contributed by atoms with E-state index in [0.29, 0.717) is 12.0 Å². The van der Waals surface area contributed by atoms with Crippen molar-refractivity contribution >= 4 is 11.5 Å². The van der Waals surface area contributed by atoms with Gasteiger partial charge in [-0.05, 0) is 18.4 Å². The lowest BCUT2D eigenvalue weighted by Crippen LogP contribution is -2.04. The fourth-order valence-corrected chi connectivity index (χ4v) is 1.79. The highest BCUT2D eigenvalue weighted by Gasteiger charge is 2.15. The van der Waals surface area contributed by atoms with Crippen LogP contribution in [0.5, 0.6) is 0 Å². The van der Waals surface area contributed by atoms with Crippen LogP contribution in [0, 0.1) is 10.1 Å². The molecule has 0 saturated heterocycles. The van der Waals surface area contributed by atoms with Crippen molar-refractivity contribution in [3.63, 3.8) is 0 Å². The first-order valence-electron chi connectivity index (χ1n) is 5.90. The van der Waals surface area contributed by atoms with Crippen LogP contribution in [0.15, 0.2) is 18.2 Å². The van der Waals surface area contributed by atoms with E-state index in [1.54, 1.807) is 6.07 Å². The van der Waals surface area contributed by atoms with Crippen LogP contribution in [0.25, 0.3) is 0 Å². The van der Waals surface area contributed by atoms with E-state index >= 15 is 0 Å². The molecule has 17 heavy (non-hydrogen) atoms. The SMILES string of the molecule is CCCC(=O)c1cc([N+](=O)[O-])ccc1CCC. The number of nitro groups is 1. The molecule has 0 heterocycles. The van der Waals surface area contributed by atoms with E-state index in [1.165, 1.54) is 12.1 Å². The maximum Gasteiger partial charge on any atom is 0.270 e. The summed E-state index contributed by atoms with van der Waals surface area (Å²) < 4.78 is 0. The van der Waals surface area contributed by atoms with Gasteiger partial charge in [0.05, 0.1) is 4.92 Å². The molecule has 0 aliphatic heterocycles. The molecule has 0 fully saturated rings. The van der Waals surface area contributed by atoms with Gasteiger partial charge in [0.25, 0.3) is 5.69 Å². The van der Waals surface area contributed by atoms with Gasteiger partial charge in [0.2, 0.25) is 0 Å². The second kappa shape index (κ2) is 6.13. The lowest BCUT2D eigenvalue weighted by molar-refractivity contribution is -0.384. The Morgan fingerprint density at radius 1 is 1.29 bits per heavy atom. The first-order chi connectivity index (χ1) is 8.10. The minimum absolute atomic E-state index is 0.000324. The Morgan fingerprint density at radius 3 is 2.53 bits per heavy atom. The standard InChI is InChI=1S/C13H17NO3/c1-3-5-10-7-8-11(14(16)17)9-12(10)13(15)6-4-2/h7-9H,3-6H2,1-2H3. The van der Waals surface area contributed by atoms with E-state index in [0.717, 1.165) is 24.8 Å². The Balaban J connectivity index is 3.15. The number of carbonyl (C=O) groups is 1. The molecule has 4 heteroatoms. The van der Waals surface area contributed by atoms with Gasteiger partial charge in [0.15, 0.2) is 5.78 Å². The lowest BCUT2D eigenvalue weighted by Gasteiger charge is -2.07. The molecule has 0 saturated carbocycles. The molecule has 0 spiro atoms. The molecule has 4 nitrogen and oxygen atoms in total. The summed E-state index contributed by atoms with van der Waals surface area (Å²) in [6.45, 7) is 3.95. The van der Waals surface area contributed by atoms with E-state index in [-0.39, 0.29) is 11.5 Å². The monoisotopic (exact) mass is 235 g/mol. The van der Waals surface area contributed by atoms with Gasteiger partial charge in [-0.2, -0.15) is 0 Å². The summed E-state index contributed by atoms with van der Waals surface area (Å²) in [5.41, 5.74) is 1.42. The summed E-state index contributed by atoms with van der Waals surface area (Å²) in [5.74, 6) is -0.000324. The number of hydrogen-bond acceptors (Lipinski definition) is 3. The van der Waals surface area contributed by atoms with Gasteiger partial charge in [0.1, 0.15) is 0 Å². The molecule has 0 aliphatic carbocycles. The second-order valence-corrected chi connectivity index (χ2v) is 4.02. The molecule has 92 valence electrons. The predicted molar refractivity (Wildman–Crippen MR) is 66.3 cm³/mol. The van der Waals surface area contributed by atoms with Crippen molar-refractivity contribution in [1.82, 2.24) is 0 Å². The number of nitrogens with zero attached hydrogens (tertiary/aromatic N) is 1. The number of non-ortho nitro benzene ring substituents is 1. The molecule has 0 N–H and O–H groups in total. The molecule has 0 radical (unpaired) electrons. The van der Waals surface area contributed by atoms with Gasteiger partial charge < -0.3 is 0 Å². The van der Waals surface area contributed by atoms with Crippen LogP contribution in [0.4, 0.5) is 5.69 Å². The molecular formula is C13H17NO3. The first-order valence-corrected chi connectivity index (χ1v) is 5.90. The fraction of sp³-hybridized carbons (Fsp3) is 0.462. The van der Waals surface area contributed by atoms with Crippen LogP contribution in [-0.2, 0) is 6.42 Å². The number of aryl methyl sites for hydroxylation is 1. The number of benzene rings is 1. The highest BCUT2D eigenvalue weighted by Crippen LogP contribution is 2.21. The Labute approximate surface area is 101 Å². The van der Waals surface area contributed by atoms with Crippen LogP contribution in [0.3, 0.4) is 0 Å². The third kappa shape index (κ3) is 3.37. The fourth-order valence-electron chi connectivity index (χ4n) is 1.79. The van der Waals surface area contributed by atoms with E-state index < -0.39 is 4.92 Å². The molecular weight excluding hydrogens is 218 g/mol. The molecule has 0 aliphatic rings. The number of Topliss-reactive ketones (excluding diaryl/α,β-unsaturated/α-hetero) is 1. The first kappa shape index (κ1) is 13.4. The highest BCUT2D eigenvalue weighted by molar-refractivity contribution is 5.98. The summed E-state index contributed by atoms with van der Waals surface area (Å²) in [5, 5.41) is 10.7. The van der Waals surface area contributed by atoms with Crippen molar-refractivity contribution in [2.75, 3.05) is 0 Å². The zero-order chi connectivity index (χ0) is 12.8. The zero-order valence-corrected chi connectivity index (χ0v) is 10.2. The largest absolute Gasteiger partial charge is 0.294 e. The number of ketones is 1. The minimum atomic E-state index is -0.460. The van der Waals surface area contributed by atoms with Crippen LogP contribution < -0.4 is 0 Å². The van der Waals surface area contributed by atoms with Gasteiger partial charge in [-0.3, -0.25) is 14.9 Å². The number of carbonyl (C=O) groups excluding carboxylic acids is 1. The Kier molecular flexibility index (Phi) is 4.82. The second-order valence-electron chi connectivity index (χ2n) is 4.02. The maximum atomic E-state index is 11.9. The van der Waals surface area contributed by atoms with E-state index in [9.17, 15) is 14.9 Å². The number of nitro benzene ring substituents is 1. The van der Waals surface area contributed by atoms with Crippen LogP contribution >= 0.6 is 0 Å². The molecule has 0 bridgehead atoms. The van der Waals surface area contributed by atoms with Crippen LogP contribution in [0.2, 0.25) is 0 Å². The molecule has 1 rings (SSSR count). The summed E-state index contributed by atoms with van der Waals surface area (Å²) in [7, 11) is 0. The Hall–Kier alpha value is -1.71. The van der Waals surface area contributed by atoms with Gasteiger partial charge in [-0.15, -0.1) is 0 Å². The lowest BCUT2D eigenvalue weighted by atomic mass is 9.97. The minimum Gasteiger partial charge on any atom is -0.294 e. The van der Waals surface area contributed by atoms with E-state index in [2.05, 4.69) is 0 Å². The van der Waals surface area contributed by atoms with Crippen molar-refractivity contribution in [2.24, 2.45) is 0 Å². The zero-order valence-electron chi connectivity index (χ0n) is 10.2. The highest BCUT2D eigenvalue weighted by atomic mass is 16.6. The molecule has 0 aromatic heterocycles. The summed E-state index contributed by atoms with van der Waals surface area (Å²) in [6.07, 6.45) is 2.90. The smallest absolute Gasteiger partial charge is 0.270 e. The molecule has 0 atom stereocenters. The quantitative estimate of drug-likeness (QED) is 0.430. The van der Waals surface area contributed by atoms with Gasteiger partial charge in [-0.25, -0.2) is 0 Å². The molecule has 0 unspecified atom stereocenters. The van der Waals surface area contributed by atoms with E-state index in [4.69, 9.17) is 0 Å². The van der Waals surface area contributed by atoms with Gasteiger partial charge in [-0.1, -0.05) is 26.3 Å². The number of rotatable bonds is 6. The van der Waals surface area contributed by atoms with Crippen molar-refractivity contribution in [1.29, 1.82) is 0 Å². The average molecular weight is 235 g/mol. The third-order valence-corrected chi connectivity index (χ3v) is 2.60. The molecule has 1 aromatic rings. The average Bonchev–Trinajstić information content (AvgIpc) is 2.30. The third-order valence-electron chi connectivity index (χ3n) is 2.60. The predicted octanol–water partition coefficient (Wildman–Crippen LogP) is 3.53. The summed E-state index contributed by atoms with van der Waals surface area (Å²) in [4.78, 5) is 22.1.